The maximum absolute atomic E-state index is 12.6. The smallest absolute Gasteiger partial charge is 0.268 e. The molecule has 0 N–H and O–H groups in total. The minimum absolute atomic E-state index is 0.0195. The molecule has 0 aliphatic carbocycles. The van der Waals surface area contributed by atoms with E-state index in [0.717, 1.165) is 28.3 Å². The van der Waals surface area contributed by atoms with Crippen molar-refractivity contribution in [2.24, 2.45) is 0 Å². The van der Waals surface area contributed by atoms with Gasteiger partial charge in [0.1, 0.15) is 9.23 Å². The van der Waals surface area contributed by atoms with E-state index in [4.69, 9.17) is 12.2 Å². The number of rotatable bonds is 2. The molecule has 1 fully saturated rings. The van der Waals surface area contributed by atoms with E-state index >= 15 is 0 Å². The van der Waals surface area contributed by atoms with Crippen LogP contribution in [0.25, 0.3) is 11.8 Å². The molecule has 2 aliphatic heterocycles. The fourth-order valence-electron chi connectivity index (χ4n) is 2.59. The Morgan fingerprint density at radius 2 is 1.95 bits per heavy atom. The number of fused-ring (bicyclic) bond motifs is 1. The van der Waals surface area contributed by atoms with Crippen LogP contribution in [0.2, 0.25) is 0 Å². The van der Waals surface area contributed by atoms with Crippen LogP contribution in [-0.4, -0.2) is 33.1 Å². The molecule has 0 aromatic heterocycles. The summed E-state index contributed by atoms with van der Waals surface area (Å²) < 4.78 is 0.646. The van der Waals surface area contributed by atoms with Gasteiger partial charge in [-0.05, 0) is 25.5 Å². The minimum Gasteiger partial charge on any atom is -0.347 e. The Morgan fingerprint density at radius 1 is 1.19 bits per heavy atom. The zero-order valence-electron chi connectivity index (χ0n) is 12.0. The Bertz CT molecular complexity index is 679. The fraction of sp³-hybridized carbons (Fsp3) is 0.250. The highest BCUT2D eigenvalue weighted by atomic mass is 32.2. The van der Waals surface area contributed by atoms with Crippen LogP contribution in [0.15, 0.2) is 35.4 Å². The SMILES string of the molecule is CCN1C=Cc2ccccc2C1=C1SC(=S)N(CC)C1=O. The Labute approximate surface area is 134 Å². The van der Waals surface area contributed by atoms with Gasteiger partial charge in [0.15, 0.2) is 0 Å². The maximum atomic E-state index is 12.6. The standard InChI is InChI=1S/C16H16N2OS2/c1-3-17-10-9-11-7-5-6-8-12(11)13(17)14-15(19)18(4-2)16(20)21-14/h5-10H,3-4H2,1-2H3. The van der Waals surface area contributed by atoms with Crippen molar-refractivity contribution < 1.29 is 4.79 Å². The molecule has 1 amide bonds. The van der Waals surface area contributed by atoms with Crippen LogP contribution in [0.4, 0.5) is 0 Å². The number of hydrogen-bond acceptors (Lipinski definition) is 4. The molecule has 1 aromatic rings. The van der Waals surface area contributed by atoms with Crippen molar-refractivity contribution in [3.8, 4) is 0 Å². The van der Waals surface area contributed by atoms with Crippen LogP contribution in [0.5, 0.6) is 0 Å². The zero-order chi connectivity index (χ0) is 15.0. The predicted octanol–water partition coefficient (Wildman–Crippen LogP) is 3.54. The number of benzene rings is 1. The van der Waals surface area contributed by atoms with Gasteiger partial charge in [-0.25, -0.2) is 0 Å². The van der Waals surface area contributed by atoms with E-state index in [0.29, 0.717) is 10.9 Å². The molecule has 0 spiro atoms. The van der Waals surface area contributed by atoms with Gasteiger partial charge < -0.3 is 4.90 Å². The van der Waals surface area contributed by atoms with Crippen LogP contribution in [0.3, 0.4) is 0 Å². The van der Waals surface area contributed by atoms with Gasteiger partial charge in [0.05, 0.1) is 5.70 Å². The number of thioether (sulfide) groups is 1. The molecule has 0 bridgehead atoms. The van der Waals surface area contributed by atoms with E-state index in [-0.39, 0.29) is 5.91 Å². The summed E-state index contributed by atoms with van der Waals surface area (Å²) >= 11 is 6.74. The molecule has 0 unspecified atom stereocenters. The second kappa shape index (κ2) is 5.66. The van der Waals surface area contributed by atoms with Gasteiger partial charge in [-0.1, -0.05) is 48.2 Å². The lowest BCUT2D eigenvalue weighted by atomic mass is 10.00. The van der Waals surface area contributed by atoms with Gasteiger partial charge in [0.2, 0.25) is 0 Å². The third-order valence-electron chi connectivity index (χ3n) is 3.66. The third kappa shape index (κ3) is 2.30. The van der Waals surface area contributed by atoms with Crippen molar-refractivity contribution in [1.82, 2.24) is 9.80 Å². The second-order valence-electron chi connectivity index (χ2n) is 4.78. The normalized spacial score (nSPS) is 21.2. The first-order chi connectivity index (χ1) is 10.2. The highest BCUT2D eigenvalue weighted by Gasteiger charge is 2.35. The highest BCUT2D eigenvalue weighted by Crippen LogP contribution is 2.40. The Kier molecular flexibility index (Phi) is 3.87. The van der Waals surface area contributed by atoms with Crippen LogP contribution >= 0.6 is 24.0 Å². The van der Waals surface area contributed by atoms with Gasteiger partial charge >= 0.3 is 0 Å². The average molecular weight is 316 g/mol. The van der Waals surface area contributed by atoms with Gasteiger partial charge in [0, 0.05) is 24.9 Å². The van der Waals surface area contributed by atoms with E-state index in [1.165, 1.54) is 11.8 Å². The van der Waals surface area contributed by atoms with Crippen molar-refractivity contribution in [3.05, 3.63) is 46.5 Å². The first-order valence-corrected chi connectivity index (χ1v) is 8.22. The highest BCUT2D eigenvalue weighted by molar-refractivity contribution is 8.26. The largest absolute Gasteiger partial charge is 0.347 e. The summed E-state index contributed by atoms with van der Waals surface area (Å²) in [6.45, 7) is 5.46. The first kappa shape index (κ1) is 14.4. The maximum Gasteiger partial charge on any atom is 0.268 e. The van der Waals surface area contributed by atoms with Crippen molar-refractivity contribution >= 4 is 46.0 Å². The number of carbonyl (C=O) groups is 1. The zero-order valence-corrected chi connectivity index (χ0v) is 13.6. The van der Waals surface area contributed by atoms with Crippen LogP contribution in [-0.2, 0) is 4.79 Å². The predicted molar refractivity (Wildman–Crippen MR) is 92.4 cm³/mol. The molecule has 108 valence electrons. The van der Waals surface area contributed by atoms with E-state index in [2.05, 4.69) is 30.0 Å². The molecule has 2 heterocycles. The molecule has 0 atom stereocenters. The molecule has 5 heteroatoms. The van der Waals surface area contributed by atoms with Gasteiger partial charge in [-0.3, -0.25) is 9.69 Å². The molecule has 3 nitrogen and oxygen atoms in total. The Balaban J connectivity index is 2.19. The molecular weight excluding hydrogens is 300 g/mol. The fourth-order valence-corrected chi connectivity index (χ4v) is 4.07. The van der Waals surface area contributed by atoms with Crippen molar-refractivity contribution in [2.45, 2.75) is 13.8 Å². The lowest BCUT2D eigenvalue weighted by Gasteiger charge is -2.28. The van der Waals surface area contributed by atoms with E-state index < -0.39 is 0 Å². The average Bonchev–Trinajstić information content (AvgIpc) is 2.80. The summed E-state index contributed by atoms with van der Waals surface area (Å²) in [6, 6.07) is 8.15. The Morgan fingerprint density at radius 3 is 2.62 bits per heavy atom. The summed E-state index contributed by atoms with van der Waals surface area (Å²) in [5.74, 6) is 0.0195. The lowest BCUT2D eigenvalue weighted by Crippen LogP contribution is -2.29. The minimum atomic E-state index is 0.0195. The van der Waals surface area contributed by atoms with E-state index in [9.17, 15) is 4.79 Å². The third-order valence-corrected chi connectivity index (χ3v) is 5.10. The van der Waals surface area contributed by atoms with Gasteiger partial charge in [0.25, 0.3) is 5.91 Å². The molecular formula is C16H16N2OS2. The molecule has 0 saturated carbocycles. The number of amides is 1. The molecule has 1 aromatic carbocycles. The van der Waals surface area contributed by atoms with E-state index in [1.807, 2.05) is 25.3 Å². The number of likely N-dealkylation sites (N-methyl/N-ethyl adjacent to an activating group) is 1. The molecule has 1 saturated heterocycles. The molecule has 2 aliphatic rings. The quantitative estimate of drug-likeness (QED) is 0.615. The number of hydrogen-bond donors (Lipinski definition) is 0. The summed E-state index contributed by atoms with van der Waals surface area (Å²) in [6.07, 6.45) is 4.12. The summed E-state index contributed by atoms with van der Waals surface area (Å²) in [7, 11) is 0. The molecule has 0 radical (unpaired) electrons. The summed E-state index contributed by atoms with van der Waals surface area (Å²) in [5, 5.41) is 0. The van der Waals surface area contributed by atoms with Crippen LogP contribution < -0.4 is 0 Å². The first-order valence-electron chi connectivity index (χ1n) is 6.99. The van der Waals surface area contributed by atoms with Gasteiger partial charge in [-0.2, -0.15) is 0 Å². The monoisotopic (exact) mass is 316 g/mol. The summed E-state index contributed by atoms with van der Waals surface area (Å²) in [4.78, 5) is 17.1. The van der Waals surface area contributed by atoms with Crippen LogP contribution in [0, 0.1) is 0 Å². The van der Waals surface area contributed by atoms with Crippen molar-refractivity contribution in [1.29, 1.82) is 0 Å². The van der Waals surface area contributed by atoms with Crippen molar-refractivity contribution in [2.75, 3.05) is 13.1 Å². The van der Waals surface area contributed by atoms with E-state index in [1.54, 1.807) is 4.90 Å². The lowest BCUT2D eigenvalue weighted by molar-refractivity contribution is -0.122. The molecule has 3 rings (SSSR count). The van der Waals surface area contributed by atoms with Crippen LogP contribution in [0.1, 0.15) is 25.0 Å². The Hall–Kier alpha value is -1.59. The van der Waals surface area contributed by atoms with Crippen molar-refractivity contribution in [3.63, 3.8) is 0 Å². The van der Waals surface area contributed by atoms with Gasteiger partial charge in [-0.15, -0.1) is 0 Å². The number of thiocarbonyl (C=S) groups is 1. The topological polar surface area (TPSA) is 23.6 Å². The number of nitrogens with zero attached hydrogens (tertiary/aromatic N) is 2. The number of carbonyl (C=O) groups excluding carboxylic acids is 1. The second-order valence-corrected chi connectivity index (χ2v) is 6.43. The molecule has 21 heavy (non-hydrogen) atoms. The summed E-state index contributed by atoms with van der Waals surface area (Å²) in [5.41, 5.74) is 3.21.